The third-order valence-corrected chi connectivity index (χ3v) is 6.16. The van der Waals surface area contributed by atoms with Crippen molar-refractivity contribution >= 4 is 17.7 Å². The minimum atomic E-state index is 0.0867. The van der Waals surface area contributed by atoms with Crippen molar-refractivity contribution in [2.24, 2.45) is 0 Å². The molecule has 0 bridgehead atoms. The lowest BCUT2D eigenvalue weighted by molar-refractivity contribution is -0.129. The minimum absolute atomic E-state index is 0.0867. The third-order valence-electron chi connectivity index (χ3n) is 5.24. The highest BCUT2D eigenvalue weighted by Crippen LogP contribution is 2.31. The predicted molar refractivity (Wildman–Crippen MR) is 113 cm³/mol. The van der Waals surface area contributed by atoms with Crippen molar-refractivity contribution in [2.45, 2.75) is 50.0 Å². The summed E-state index contributed by atoms with van der Waals surface area (Å²) in [7, 11) is 0. The number of carbonyl (C=O) groups is 1. The van der Waals surface area contributed by atoms with E-state index in [1.54, 1.807) is 0 Å². The van der Waals surface area contributed by atoms with Gasteiger partial charge in [-0.15, -0.1) is 5.10 Å². The fraction of sp³-hybridized carbons (Fsp3) is 0.364. The molecule has 0 aliphatic heterocycles. The van der Waals surface area contributed by atoms with Gasteiger partial charge in [0.25, 0.3) is 0 Å². The van der Waals surface area contributed by atoms with E-state index in [4.69, 9.17) is 0 Å². The van der Waals surface area contributed by atoms with Gasteiger partial charge < -0.3 is 4.90 Å². The van der Waals surface area contributed by atoms with Crippen molar-refractivity contribution in [2.75, 3.05) is 5.75 Å². The van der Waals surface area contributed by atoms with Crippen LogP contribution in [0.25, 0.3) is 0 Å². The van der Waals surface area contributed by atoms with Crippen LogP contribution >= 0.6 is 11.8 Å². The van der Waals surface area contributed by atoms with E-state index in [0.717, 1.165) is 29.1 Å². The highest BCUT2D eigenvalue weighted by atomic mass is 32.2. The Morgan fingerprint density at radius 3 is 2.14 bits per heavy atom. The van der Waals surface area contributed by atoms with Gasteiger partial charge in [0.1, 0.15) is 0 Å². The fourth-order valence-electron chi connectivity index (χ4n) is 3.72. The normalized spacial score (nSPS) is 14.2. The van der Waals surface area contributed by atoms with Gasteiger partial charge in [0.05, 0.1) is 11.8 Å². The summed E-state index contributed by atoms with van der Waals surface area (Å²) in [6.45, 7) is 1.17. The fourth-order valence-corrected chi connectivity index (χ4v) is 4.56. The van der Waals surface area contributed by atoms with Crippen molar-refractivity contribution in [3.8, 4) is 0 Å². The van der Waals surface area contributed by atoms with Gasteiger partial charge in [-0.1, -0.05) is 85.3 Å². The molecule has 0 N–H and O–H groups in total. The lowest BCUT2D eigenvalue weighted by Crippen LogP contribution is -2.31. The molecule has 1 amide bonds. The molecule has 1 saturated carbocycles. The summed E-state index contributed by atoms with van der Waals surface area (Å²) in [4.78, 5) is 15.0. The van der Waals surface area contributed by atoms with E-state index in [1.165, 1.54) is 24.6 Å². The number of amides is 1. The Hall–Kier alpha value is -2.67. The molecule has 0 spiro atoms. The summed E-state index contributed by atoms with van der Waals surface area (Å²) >= 11 is 1.43. The number of hydrogen-bond acceptors (Lipinski definition) is 5. The Balaban J connectivity index is 1.44. The molecule has 1 fully saturated rings. The van der Waals surface area contributed by atoms with Crippen LogP contribution < -0.4 is 0 Å². The summed E-state index contributed by atoms with van der Waals surface area (Å²) in [6, 6.07) is 20.6. The molecule has 4 rings (SSSR count). The monoisotopic (exact) mass is 407 g/mol. The second-order valence-electron chi connectivity index (χ2n) is 7.35. The van der Waals surface area contributed by atoms with E-state index in [2.05, 4.69) is 39.8 Å². The number of benzene rings is 2. The van der Waals surface area contributed by atoms with Gasteiger partial charge in [-0.05, 0) is 34.4 Å². The van der Waals surface area contributed by atoms with Gasteiger partial charge in [0, 0.05) is 13.1 Å². The summed E-state index contributed by atoms with van der Waals surface area (Å²) in [5.74, 6) is 0.413. The summed E-state index contributed by atoms with van der Waals surface area (Å²) in [5.41, 5.74) is 2.25. The van der Waals surface area contributed by atoms with Gasteiger partial charge in [-0.25, -0.2) is 4.68 Å². The maximum Gasteiger partial charge on any atom is 0.233 e. The van der Waals surface area contributed by atoms with E-state index in [0.29, 0.717) is 24.9 Å². The van der Waals surface area contributed by atoms with Crippen LogP contribution in [0.1, 0.15) is 42.9 Å². The van der Waals surface area contributed by atoms with E-state index >= 15 is 0 Å². The standard InChI is InChI=1S/C22H25N5OS/c28-21(17-29-22-23-24-25-27(22)20-13-7-8-14-20)26(15-18-9-3-1-4-10-18)16-19-11-5-2-6-12-19/h1-6,9-12,20H,7-8,13-17H2. The van der Waals surface area contributed by atoms with Gasteiger partial charge in [0.2, 0.25) is 11.1 Å². The average molecular weight is 408 g/mol. The zero-order chi connectivity index (χ0) is 19.9. The zero-order valence-corrected chi connectivity index (χ0v) is 17.2. The second-order valence-corrected chi connectivity index (χ2v) is 8.30. The molecule has 0 radical (unpaired) electrons. The minimum Gasteiger partial charge on any atom is -0.333 e. The van der Waals surface area contributed by atoms with E-state index < -0.39 is 0 Å². The summed E-state index contributed by atoms with van der Waals surface area (Å²) < 4.78 is 1.91. The third kappa shape index (κ3) is 5.23. The number of tetrazole rings is 1. The molecule has 1 aliphatic rings. The molecule has 150 valence electrons. The molecule has 29 heavy (non-hydrogen) atoms. The molecule has 0 atom stereocenters. The quantitative estimate of drug-likeness (QED) is 0.526. The predicted octanol–water partition coefficient (Wildman–Crippen LogP) is 4.11. The van der Waals surface area contributed by atoms with Gasteiger partial charge in [-0.2, -0.15) is 0 Å². The lowest BCUT2D eigenvalue weighted by atomic mass is 10.1. The van der Waals surface area contributed by atoms with Crippen molar-refractivity contribution in [1.82, 2.24) is 25.1 Å². The Morgan fingerprint density at radius 2 is 1.55 bits per heavy atom. The zero-order valence-electron chi connectivity index (χ0n) is 16.4. The van der Waals surface area contributed by atoms with Gasteiger partial charge in [0.15, 0.2) is 0 Å². The van der Waals surface area contributed by atoms with E-state index in [1.807, 2.05) is 46.0 Å². The van der Waals surface area contributed by atoms with E-state index in [-0.39, 0.29) is 5.91 Å². The molecular weight excluding hydrogens is 382 g/mol. The smallest absolute Gasteiger partial charge is 0.233 e. The molecular formula is C22H25N5OS. The maximum absolute atomic E-state index is 13.1. The summed E-state index contributed by atoms with van der Waals surface area (Å²) in [6.07, 6.45) is 4.66. The molecule has 1 heterocycles. The highest BCUT2D eigenvalue weighted by molar-refractivity contribution is 7.99. The number of rotatable bonds is 8. The van der Waals surface area contributed by atoms with Gasteiger partial charge in [-0.3, -0.25) is 4.79 Å². The van der Waals surface area contributed by atoms with Crippen LogP contribution in [-0.2, 0) is 17.9 Å². The molecule has 1 aromatic heterocycles. The number of nitrogens with zero attached hydrogens (tertiary/aromatic N) is 5. The van der Waals surface area contributed by atoms with Crippen molar-refractivity contribution in [3.05, 3.63) is 71.8 Å². The average Bonchev–Trinajstić information content (AvgIpc) is 3.44. The summed E-state index contributed by atoms with van der Waals surface area (Å²) in [5, 5.41) is 12.9. The van der Waals surface area contributed by atoms with Crippen LogP contribution in [-0.4, -0.2) is 36.8 Å². The number of aromatic nitrogens is 4. The number of thioether (sulfide) groups is 1. The number of carbonyl (C=O) groups excluding carboxylic acids is 1. The molecule has 6 nitrogen and oxygen atoms in total. The van der Waals surface area contributed by atoms with Crippen LogP contribution in [0, 0.1) is 0 Å². The first-order chi connectivity index (χ1) is 14.3. The molecule has 2 aromatic carbocycles. The first-order valence-corrected chi connectivity index (χ1v) is 11.0. The van der Waals surface area contributed by atoms with Crippen molar-refractivity contribution < 1.29 is 4.79 Å². The van der Waals surface area contributed by atoms with Crippen LogP contribution in [0.4, 0.5) is 0 Å². The first-order valence-electron chi connectivity index (χ1n) is 10.1. The lowest BCUT2D eigenvalue weighted by Gasteiger charge is -2.23. The maximum atomic E-state index is 13.1. The topological polar surface area (TPSA) is 63.9 Å². The van der Waals surface area contributed by atoms with E-state index in [9.17, 15) is 4.79 Å². The Morgan fingerprint density at radius 1 is 0.966 bits per heavy atom. The first kappa shape index (κ1) is 19.6. The molecule has 3 aromatic rings. The Kier molecular flexibility index (Phi) is 6.56. The highest BCUT2D eigenvalue weighted by Gasteiger charge is 2.23. The molecule has 1 aliphatic carbocycles. The second kappa shape index (κ2) is 9.69. The largest absolute Gasteiger partial charge is 0.333 e. The Bertz CT molecular complexity index is 868. The van der Waals surface area contributed by atoms with Crippen LogP contribution in [0.2, 0.25) is 0 Å². The van der Waals surface area contributed by atoms with Crippen molar-refractivity contribution in [3.63, 3.8) is 0 Å². The van der Waals surface area contributed by atoms with Crippen molar-refractivity contribution in [1.29, 1.82) is 0 Å². The van der Waals surface area contributed by atoms with Crippen LogP contribution in [0.5, 0.6) is 0 Å². The van der Waals surface area contributed by atoms with Crippen LogP contribution in [0.15, 0.2) is 65.8 Å². The van der Waals surface area contributed by atoms with Crippen LogP contribution in [0.3, 0.4) is 0 Å². The number of hydrogen-bond donors (Lipinski definition) is 0. The molecule has 0 saturated heterocycles. The molecule has 0 unspecified atom stereocenters. The Labute approximate surface area is 175 Å². The SMILES string of the molecule is O=C(CSc1nnnn1C1CCCC1)N(Cc1ccccc1)Cc1ccccc1. The molecule has 7 heteroatoms. The van der Waals surface area contributed by atoms with Gasteiger partial charge >= 0.3 is 0 Å².